The molecule has 0 radical (unpaired) electrons. The highest BCUT2D eigenvalue weighted by atomic mass is 35.5. The number of nitrogens with one attached hydrogen (secondary N) is 2. The number of quaternary nitrogens is 1. The molecule has 136 valence electrons. The van der Waals surface area contributed by atoms with E-state index in [4.69, 9.17) is 17.0 Å². The zero-order valence-electron chi connectivity index (χ0n) is 15.2. The van der Waals surface area contributed by atoms with Gasteiger partial charge in [-0.3, -0.25) is 0 Å². The van der Waals surface area contributed by atoms with E-state index >= 15 is 0 Å². The second-order valence-corrected chi connectivity index (χ2v) is 7.69. The van der Waals surface area contributed by atoms with Crippen molar-refractivity contribution in [3.63, 3.8) is 0 Å². The zero-order valence-corrected chi connectivity index (χ0v) is 15.9. The van der Waals surface area contributed by atoms with Gasteiger partial charge in [0.2, 0.25) is 0 Å². The largest absolute Gasteiger partial charge is 0.331 e. The molecule has 2 aliphatic rings. The van der Waals surface area contributed by atoms with Gasteiger partial charge in [-0.2, -0.15) is 15.8 Å². The smallest absolute Gasteiger partial charge is 0.189 e. The quantitative estimate of drug-likeness (QED) is 0.790. The maximum Gasteiger partial charge on any atom is 0.189 e. The zero-order chi connectivity index (χ0) is 19.6. The second-order valence-electron chi connectivity index (χ2n) is 7.26. The predicted octanol–water partition coefficient (Wildman–Crippen LogP) is 2.48. The molecule has 1 aliphatic heterocycles. The molecular formula is C21H21ClN5+. The van der Waals surface area contributed by atoms with Gasteiger partial charge in [0.05, 0.1) is 43.6 Å². The maximum absolute atomic E-state index is 10.00. The van der Waals surface area contributed by atoms with E-state index in [9.17, 15) is 15.8 Å². The molecule has 0 bridgehead atoms. The monoisotopic (exact) mass is 378 g/mol. The number of nitriles is 3. The van der Waals surface area contributed by atoms with Crippen LogP contribution in [0.2, 0.25) is 5.02 Å². The van der Waals surface area contributed by atoms with Crippen molar-refractivity contribution in [2.75, 3.05) is 19.6 Å². The van der Waals surface area contributed by atoms with Gasteiger partial charge in [0, 0.05) is 16.9 Å². The van der Waals surface area contributed by atoms with Gasteiger partial charge < -0.3 is 10.3 Å². The molecule has 1 aromatic rings. The summed E-state index contributed by atoms with van der Waals surface area (Å²) in [5.41, 5.74) is -0.0395. The lowest BCUT2D eigenvalue weighted by atomic mass is 9.54. The van der Waals surface area contributed by atoms with Gasteiger partial charge >= 0.3 is 0 Å². The maximum atomic E-state index is 10.00. The fourth-order valence-corrected chi connectivity index (χ4v) is 4.69. The summed E-state index contributed by atoms with van der Waals surface area (Å²) in [5.74, 6) is -1.42. The first kappa shape index (κ1) is 19.1. The molecule has 6 heteroatoms. The van der Waals surface area contributed by atoms with E-state index in [0.29, 0.717) is 5.02 Å². The molecule has 2 N–H and O–H groups in total. The summed E-state index contributed by atoms with van der Waals surface area (Å²) in [6.07, 6.45) is 3.10. The number of nitrogens with zero attached hydrogens (tertiary/aromatic N) is 3. The Balaban J connectivity index is 2.20. The molecule has 2 unspecified atom stereocenters. The summed E-state index contributed by atoms with van der Waals surface area (Å²) in [5, 5.41) is 38.9. The van der Waals surface area contributed by atoms with Crippen molar-refractivity contribution in [3.05, 3.63) is 46.5 Å². The van der Waals surface area contributed by atoms with Crippen LogP contribution >= 0.6 is 11.6 Å². The fourth-order valence-electron chi connectivity index (χ4n) is 4.57. The van der Waals surface area contributed by atoms with Crippen molar-refractivity contribution in [3.8, 4) is 18.2 Å². The first-order chi connectivity index (χ1) is 13.0. The fraction of sp³-hybridized carbons (Fsp3) is 0.429. The van der Waals surface area contributed by atoms with Gasteiger partial charge in [-0.1, -0.05) is 30.7 Å². The van der Waals surface area contributed by atoms with Crippen molar-refractivity contribution in [1.82, 2.24) is 0 Å². The molecule has 27 heavy (non-hydrogen) atoms. The van der Waals surface area contributed by atoms with Crippen molar-refractivity contribution in [1.29, 1.82) is 21.2 Å². The molecule has 3 rings (SSSR count). The molecule has 0 aromatic heterocycles. The summed E-state index contributed by atoms with van der Waals surface area (Å²) in [4.78, 5) is 1.38. The Morgan fingerprint density at radius 2 is 1.89 bits per heavy atom. The summed E-state index contributed by atoms with van der Waals surface area (Å²) in [6, 6.07) is 13.6. The SMILES string of the molecule is CCC[NH+]1CC=C2C(C#N)C(=N)C(C#N)(C#N)[C@@H](c3ccc(Cl)cc3)[C@@H]2C1. The minimum Gasteiger partial charge on any atom is -0.331 e. The third-order valence-electron chi connectivity index (χ3n) is 5.79. The van der Waals surface area contributed by atoms with Crippen LogP contribution in [0.15, 0.2) is 35.9 Å². The Bertz CT molecular complexity index is 882. The van der Waals surface area contributed by atoms with Gasteiger partial charge in [0.15, 0.2) is 5.41 Å². The second kappa shape index (κ2) is 7.53. The van der Waals surface area contributed by atoms with Crippen LogP contribution in [0.3, 0.4) is 0 Å². The Morgan fingerprint density at radius 3 is 2.44 bits per heavy atom. The standard InChI is InChI=1S/C21H20ClN5/c1-2-8-27-9-7-16-17(10-23)20(26)21(12-24,13-25)19(18(16)11-27)14-3-5-15(22)6-4-14/h3-7,17-19,26H,2,8-9,11H2,1H3/p+1/t17?,18-,19+/m1/s1. The summed E-state index contributed by atoms with van der Waals surface area (Å²) in [7, 11) is 0. The van der Waals surface area contributed by atoms with Gasteiger partial charge in [0.25, 0.3) is 0 Å². The van der Waals surface area contributed by atoms with Crippen LogP contribution in [-0.4, -0.2) is 25.3 Å². The lowest BCUT2D eigenvalue weighted by Gasteiger charge is -2.46. The van der Waals surface area contributed by atoms with Crippen LogP contribution < -0.4 is 4.90 Å². The van der Waals surface area contributed by atoms with Gasteiger partial charge in [0.1, 0.15) is 5.92 Å². The average Bonchev–Trinajstić information content (AvgIpc) is 2.68. The molecule has 4 atom stereocenters. The first-order valence-electron chi connectivity index (χ1n) is 9.12. The molecule has 1 fully saturated rings. The number of rotatable bonds is 3. The third-order valence-corrected chi connectivity index (χ3v) is 6.05. The summed E-state index contributed by atoms with van der Waals surface area (Å²) >= 11 is 6.03. The van der Waals surface area contributed by atoms with E-state index in [-0.39, 0.29) is 11.6 Å². The highest BCUT2D eigenvalue weighted by Crippen LogP contribution is 2.52. The highest BCUT2D eigenvalue weighted by molar-refractivity contribution is 6.30. The Hall–Kier alpha value is -2.65. The van der Waals surface area contributed by atoms with E-state index < -0.39 is 17.3 Å². The molecule has 0 amide bonds. The number of halogens is 1. The van der Waals surface area contributed by atoms with Crippen molar-refractivity contribution >= 4 is 17.3 Å². The van der Waals surface area contributed by atoms with Crippen LogP contribution in [0.4, 0.5) is 0 Å². The Labute approximate surface area is 164 Å². The van der Waals surface area contributed by atoms with Crippen molar-refractivity contribution < 1.29 is 4.90 Å². The van der Waals surface area contributed by atoms with E-state index in [1.807, 2.05) is 12.1 Å². The van der Waals surface area contributed by atoms with Crippen LogP contribution in [0.5, 0.6) is 0 Å². The van der Waals surface area contributed by atoms with Crippen LogP contribution in [0.25, 0.3) is 0 Å². The number of fused-ring (bicyclic) bond motifs is 1. The normalized spacial score (nSPS) is 28.9. The molecule has 1 heterocycles. The van der Waals surface area contributed by atoms with Crippen molar-refractivity contribution in [2.45, 2.75) is 19.3 Å². The number of benzene rings is 1. The molecule has 1 aromatic carbocycles. The summed E-state index contributed by atoms with van der Waals surface area (Å²) in [6.45, 7) is 4.69. The van der Waals surface area contributed by atoms with E-state index in [1.54, 1.807) is 12.1 Å². The topological polar surface area (TPSA) is 99.7 Å². The molecule has 5 nitrogen and oxygen atoms in total. The van der Waals surface area contributed by atoms with E-state index in [0.717, 1.165) is 37.2 Å². The molecule has 0 saturated heterocycles. The lowest BCUT2D eigenvalue weighted by molar-refractivity contribution is -0.899. The molecular weight excluding hydrogens is 358 g/mol. The van der Waals surface area contributed by atoms with Gasteiger partial charge in [-0.25, -0.2) is 0 Å². The van der Waals surface area contributed by atoms with E-state index in [2.05, 4.69) is 31.2 Å². The van der Waals surface area contributed by atoms with Gasteiger partial charge in [-0.05, 0) is 35.8 Å². The van der Waals surface area contributed by atoms with E-state index in [1.165, 1.54) is 4.90 Å². The predicted molar refractivity (Wildman–Crippen MR) is 102 cm³/mol. The van der Waals surface area contributed by atoms with Crippen molar-refractivity contribution in [2.24, 2.45) is 17.3 Å². The van der Waals surface area contributed by atoms with Crippen LogP contribution in [-0.2, 0) is 0 Å². The molecule has 1 aliphatic carbocycles. The molecule has 0 spiro atoms. The lowest BCUT2D eigenvalue weighted by Crippen LogP contribution is -3.13. The van der Waals surface area contributed by atoms with Crippen LogP contribution in [0, 0.1) is 56.7 Å². The Kier molecular flexibility index (Phi) is 5.33. The minimum atomic E-state index is -1.65. The van der Waals surface area contributed by atoms with Crippen LogP contribution in [0.1, 0.15) is 24.8 Å². The first-order valence-corrected chi connectivity index (χ1v) is 9.50. The Morgan fingerprint density at radius 1 is 1.22 bits per heavy atom. The average molecular weight is 379 g/mol. The highest BCUT2D eigenvalue weighted by Gasteiger charge is 2.58. The van der Waals surface area contributed by atoms with Gasteiger partial charge in [-0.15, -0.1) is 0 Å². The number of hydrogen-bond acceptors (Lipinski definition) is 4. The number of hydrogen-bond donors (Lipinski definition) is 2. The minimum absolute atomic E-state index is 0.101. The third kappa shape index (κ3) is 3.02. The summed E-state index contributed by atoms with van der Waals surface area (Å²) < 4.78 is 0. The molecule has 1 saturated carbocycles.